The monoisotopic (exact) mass is 400 g/mol. The van der Waals surface area contributed by atoms with Gasteiger partial charge in [-0.05, 0) is 49.8 Å². The summed E-state index contributed by atoms with van der Waals surface area (Å²) < 4.78 is 3.88. The van der Waals surface area contributed by atoms with Crippen molar-refractivity contribution >= 4 is 34.2 Å². The van der Waals surface area contributed by atoms with Crippen LogP contribution >= 0.6 is 11.8 Å². The Hall–Kier alpha value is -2.28. The lowest BCUT2D eigenvalue weighted by Crippen LogP contribution is -2.35. The van der Waals surface area contributed by atoms with Crippen LogP contribution in [0.4, 0.5) is 0 Å². The van der Waals surface area contributed by atoms with Crippen LogP contribution in [-0.4, -0.2) is 38.1 Å². The summed E-state index contributed by atoms with van der Waals surface area (Å²) in [6.45, 7) is 6.74. The lowest BCUT2D eigenvalue weighted by Gasteiger charge is -2.20. The average molecular weight is 401 g/mol. The summed E-state index contributed by atoms with van der Waals surface area (Å²) in [6, 6.07) is 8.94. The Morgan fingerprint density at radius 3 is 2.79 bits per heavy atom. The van der Waals surface area contributed by atoms with Crippen LogP contribution in [0.2, 0.25) is 0 Å². The third-order valence-corrected chi connectivity index (χ3v) is 6.06. The summed E-state index contributed by atoms with van der Waals surface area (Å²) >= 11 is 1.93. The first-order chi connectivity index (χ1) is 13.6. The Morgan fingerprint density at radius 2 is 2.04 bits per heavy atom. The summed E-state index contributed by atoms with van der Waals surface area (Å²) in [5.74, 6) is 2.23. The van der Waals surface area contributed by atoms with E-state index in [-0.39, 0.29) is 17.5 Å². The molecule has 0 radical (unpaired) electrons. The van der Waals surface area contributed by atoms with Crippen LogP contribution in [0, 0.1) is 6.92 Å². The number of para-hydroxylation sites is 1. The van der Waals surface area contributed by atoms with Crippen molar-refractivity contribution in [2.45, 2.75) is 46.1 Å². The van der Waals surface area contributed by atoms with Gasteiger partial charge >= 0.3 is 0 Å². The van der Waals surface area contributed by atoms with Crippen molar-refractivity contribution < 1.29 is 4.79 Å². The number of rotatable bonds is 9. The van der Waals surface area contributed by atoms with Crippen molar-refractivity contribution in [3.05, 3.63) is 46.4 Å². The second-order valence-electron chi connectivity index (χ2n) is 6.91. The first kappa shape index (κ1) is 20.5. The molecule has 1 aromatic carbocycles. The highest BCUT2D eigenvalue weighted by molar-refractivity contribution is 7.99. The first-order valence-corrected chi connectivity index (χ1v) is 11.1. The molecular formula is C21H28N4O2S. The molecule has 3 rings (SSSR count). The number of amides is 1. The zero-order chi connectivity index (χ0) is 20.1. The molecule has 1 N–H and O–H groups in total. The predicted molar refractivity (Wildman–Crippen MR) is 116 cm³/mol. The van der Waals surface area contributed by atoms with Crippen LogP contribution in [0.1, 0.15) is 44.8 Å². The molecule has 0 unspecified atom stereocenters. The van der Waals surface area contributed by atoms with Crippen LogP contribution in [0.25, 0.3) is 16.6 Å². The maximum atomic E-state index is 13.0. The van der Waals surface area contributed by atoms with Crippen LogP contribution in [0.15, 0.2) is 35.1 Å². The van der Waals surface area contributed by atoms with Gasteiger partial charge in [-0.15, -0.1) is 0 Å². The second kappa shape index (κ2) is 9.28. The molecule has 1 amide bonds. The van der Waals surface area contributed by atoms with Crippen molar-refractivity contribution in [2.75, 3.05) is 18.1 Å². The lowest BCUT2D eigenvalue weighted by atomic mass is 10.2. The zero-order valence-corrected chi connectivity index (χ0v) is 17.6. The minimum absolute atomic E-state index is 0.00347. The Balaban J connectivity index is 1.93. The van der Waals surface area contributed by atoms with Crippen LogP contribution < -0.4 is 10.9 Å². The average Bonchev–Trinajstić information content (AvgIpc) is 3.00. The quantitative estimate of drug-likeness (QED) is 0.558. The van der Waals surface area contributed by atoms with Crippen LogP contribution in [0.5, 0.6) is 0 Å². The van der Waals surface area contributed by atoms with E-state index in [9.17, 15) is 9.59 Å². The van der Waals surface area contributed by atoms with Gasteiger partial charge in [0.15, 0.2) is 5.65 Å². The first-order valence-electron chi connectivity index (χ1n) is 9.93. The lowest BCUT2D eigenvalue weighted by molar-refractivity contribution is -0.124. The van der Waals surface area contributed by atoms with E-state index in [1.165, 1.54) is 12.5 Å². The van der Waals surface area contributed by atoms with Crippen molar-refractivity contribution in [3.63, 3.8) is 0 Å². The molecule has 150 valence electrons. The van der Waals surface area contributed by atoms with E-state index in [0.717, 1.165) is 34.5 Å². The molecule has 2 heterocycles. The van der Waals surface area contributed by atoms with E-state index in [0.29, 0.717) is 18.6 Å². The van der Waals surface area contributed by atoms with Gasteiger partial charge in [0.1, 0.15) is 6.04 Å². The fourth-order valence-electron chi connectivity index (χ4n) is 3.53. The SMILES string of the molecule is CCCSCCCNC(=O)[C@@H](CC)n1c2ccccc2c2nc(=O)cc(C)n21. The molecule has 7 heteroatoms. The van der Waals surface area contributed by atoms with Gasteiger partial charge in [0.25, 0.3) is 5.56 Å². The molecule has 28 heavy (non-hydrogen) atoms. The highest BCUT2D eigenvalue weighted by Gasteiger charge is 2.24. The van der Waals surface area contributed by atoms with E-state index in [4.69, 9.17) is 0 Å². The van der Waals surface area contributed by atoms with Gasteiger partial charge < -0.3 is 5.32 Å². The number of fused-ring (bicyclic) bond motifs is 3. The number of benzene rings is 1. The minimum atomic E-state index is -0.367. The third-order valence-electron chi connectivity index (χ3n) is 4.79. The topological polar surface area (TPSA) is 68.4 Å². The molecule has 0 bridgehead atoms. The molecular weight excluding hydrogens is 372 g/mol. The van der Waals surface area contributed by atoms with Gasteiger partial charge in [0, 0.05) is 23.7 Å². The van der Waals surface area contributed by atoms with E-state index in [2.05, 4.69) is 17.2 Å². The molecule has 0 saturated carbocycles. The number of nitrogens with one attached hydrogen (secondary N) is 1. The normalized spacial score (nSPS) is 12.5. The summed E-state index contributed by atoms with van der Waals surface area (Å²) in [5, 5.41) is 3.97. The Labute approximate surface area is 169 Å². The van der Waals surface area contributed by atoms with Gasteiger partial charge in [0.05, 0.1) is 5.52 Å². The van der Waals surface area contributed by atoms with Crippen LogP contribution in [-0.2, 0) is 4.79 Å². The summed E-state index contributed by atoms with van der Waals surface area (Å²) in [5.41, 5.74) is 2.02. The molecule has 0 aliphatic carbocycles. The molecule has 3 aromatic rings. The molecule has 0 spiro atoms. The Kier molecular flexibility index (Phi) is 6.78. The summed E-state index contributed by atoms with van der Waals surface area (Å²) in [7, 11) is 0. The van der Waals surface area contributed by atoms with Crippen molar-refractivity contribution in [3.8, 4) is 0 Å². The molecule has 0 aliphatic heterocycles. The number of thioether (sulfide) groups is 1. The number of aryl methyl sites for hydroxylation is 1. The van der Waals surface area contributed by atoms with Gasteiger partial charge in [-0.25, -0.2) is 4.52 Å². The highest BCUT2D eigenvalue weighted by Crippen LogP contribution is 2.26. The molecule has 0 saturated heterocycles. The zero-order valence-electron chi connectivity index (χ0n) is 16.8. The van der Waals surface area contributed by atoms with E-state index < -0.39 is 0 Å². The van der Waals surface area contributed by atoms with E-state index in [1.807, 2.05) is 59.1 Å². The molecule has 0 aliphatic rings. The molecule has 1 atom stereocenters. The number of carbonyl (C=O) groups excluding carboxylic acids is 1. The third kappa shape index (κ3) is 4.09. The number of hydrogen-bond donors (Lipinski definition) is 1. The fraction of sp³-hybridized carbons (Fsp3) is 0.476. The van der Waals surface area contributed by atoms with E-state index in [1.54, 1.807) is 0 Å². The molecule has 2 aromatic heterocycles. The maximum Gasteiger partial charge on any atom is 0.273 e. The number of aromatic nitrogens is 3. The number of hydrogen-bond acceptors (Lipinski definition) is 4. The van der Waals surface area contributed by atoms with Crippen molar-refractivity contribution in [2.24, 2.45) is 0 Å². The maximum absolute atomic E-state index is 13.0. The standard InChI is InChI=1S/C21H28N4O2S/c1-4-12-28-13-8-11-22-21(27)17(5-2)25-18-10-7-6-9-16(18)20-23-19(26)14-15(3)24(20)25/h6-7,9-10,14,17H,4-5,8,11-13H2,1-3H3,(H,22,27)/t17-/m1/s1. The molecule has 0 fully saturated rings. The predicted octanol–water partition coefficient (Wildman–Crippen LogP) is 3.56. The van der Waals surface area contributed by atoms with Crippen molar-refractivity contribution in [1.29, 1.82) is 0 Å². The van der Waals surface area contributed by atoms with Gasteiger partial charge in [-0.1, -0.05) is 26.0 Å². The highest BCUT2D eigenvalue weighted by atomic mass is 32.2. The smallest absolute Gasteiger partial charge is 0.273 e. The summed E-state index contributed by atoms with van der Waals surface area (Å²) in [4.78, 5) is 29.2. The van der Waals surface area contributed by atoms with Crippen molar-refractivity contribution in [1.82, 2.24) is 19.5 Å². The largest absolute Gasteiger partial charge is 0.354 e. The fourth-order valence-corrected chi connectivity index (χ4v) is 4.38. The summed E-state index contributed by atoms with van der Waals surface area (Å²) in [6.07, 6.45) is 2.79. The van der Waals surface area contributed by atoms with E-state index >= 15 is 0 Å². The Morgan fingerprint density at radius 1 is 1.25 bits per heavy atom. The van der Waals surface area contributed by atoms with Gasteiger partial charge in [0.2, 0.25) is 5.91 Å². The Bertz CT molecular complexity index is 1020. The minimum Gasteiger partial charge on any atom is -0.354 e. The number of nitrogens with zero attached hydrogens (tertiary/aromatic N) is 3. The van der Waals surface area contributed by atoms with Gasteiger partial charge in [-0.2, -0.15) is 16.7 Å². The number of carbonyl (C=O) groups is 1. The van der Waals surface area contributed by atoms with Gasteiger partial charge in [-0.3, -0.25) is 14.3 Å². The second-order valence-corrected chi connectivity index (χ2v) is 8.14. The molecule has 6 nitrogen and oxygen atoms in total. The van der Waals surface area contributed by atoms with Crippen LogP contribution in [0.3, 0.4) is 0 Å².